The van der Waals surface area contributed by atoms with Crippen LogP contribution in [0.4, 0.5) is 5.69 Å². The average molecular weight is 691 g/mol. The Labute approximate surface area is 263 Å². The Morgan fingerprint density at radius 1 is 0.810 bits per heavy atom. The zero-order chi connectivity index (χ0) is 29.6. The van der Waals surface area contributed by atoms with Crippen molar-refractivity contribution < 1.29 is 19.1 Å². The van der Waals surface area contributed by atoms with Gasteiger partial charge in [0.15, 0.2) is 0 Å². The fourth-order valence-corrected chi connectivity index (χ4v) is 10.4. The maximum Gasteiger partial charge on any atom is 0.338 e. The van der Waals surface area contributed by atoms with Crippen molar-refractivity contribution in [1.82, 2.24) is 0 Å². The van der Waals surface area contributed by atoms with Gasteiger partial charge in [0, 0.05) is 0 Å². The van der Waals surface area contributed by atoms with E-state index >= 15 is 0 Å². The fraction of sp³-hybridized carbons (Fsp3) is 0.400. The zero-order valence-electron chi connectivity index (χ0n) is 23.8. The number of hydrogen-bond acceptors (Lipinski definition) is 4. The summed E-state index contributed by atoms with van der Waals surface area (Å²) in [5.41, 5.74) is 4.88. The molecule has 4 aliphatic carbocycles. The molecule has 3 aromatic carbocycles. The van der Waals surface area contributed by atoms with Gasteiger partial charge in [0.1, 0.15) is 6.10 Å². The van der Waals surface area contributed by atoms with E-state index in [1.54, 1.807) is 24.3 Å². The standard InChI is InChI=1S/C35H33Br2NO4/c1-19(2)23-17-12-20(3)18-28(23)42-33(41)21-13-15-22(16-14-21)38-31(39)29-30(32(38)40)35(37)25-9-5-4-8-24(25)34(29,36)26-10-6-7-11-27(26)35/h4-11,13-16,19-20,23,28-30H,12,17-18H2,1-3H3/t20-,23+,28+,29-,30-,34?,35?/m0/s1. The number of carbonyl (C=O) groups excluding carboxylic acids is 3. The molecule has 8 rings (SSSR count). The van der Waals surface area contributed by atoms with E-state index in [1.165, 1.54) is 4.90 Å². The van der Waals surface area contributed by atoms with Crippen molar-refractivity contribution >= 4 is 55.3 Å². The maximum atomic E-state index is 14.3. The monoisotopic (exact) mass is 689 g/mol. The van der Waals surface area contributed by atoms with Crippen LogP contribution in [-0.2, 0) is 23.0 Å². The highest BCUT2D eigenvalue weighted by molar-refractivity contribution is 9.10. The van der Waals surface area contributed by atoms with Gasteiger partial charge in [-0.1, -0.05) is 108 Å². The molecule has 0 radical (unpaired) electrons. The molecule has 42 heavy (non-hydrogen) atoms. The molecule has 2 fully saturated rings. The van der Waals surface area contributed by atoms with Crippen molar-refractivity contribution in [2.24, 2.45) is 29.6 Å². The predicted octanol–water partition coefficient (Wildman–Crippen LogP) is 7.71. The Bertz CT molecular complexity index is 1490. The summed E-state index contributed by atoms with van der Waals surface area (Å²) >= 11 is 8.09. The first-order chi connectivity index (χ1) is 20.1. The number of esters is 1. The summed E-state index contributed by atoms with van der Waals surface area (Å²) in [6.45, 7) is 6.59. The third kappa shape index (κ3) is 3.75. The lowest BCUT2D eigenvalue weighted by atomic mass is 9.54. The quantitative estimate of drug-likeness (QED) is 0.160. The molecule has 0 N–H and O–H groups in total. The van der Waals surface area contributed by atoms with E-state index in [9.17, 15) is 14.4 Å². The molecule has 1 saturated heterocycles. The first-order valence-corrected chi connectivity index (χ1v) is 16.4. The number of alkyl halides is 2. The molecule has 0 unspecified atom stereocenters. The number of nitrogens with zero attached hydrogens (tertiary/aromatic N) is 1. The first-order valence-electron chi connectivity index (χ1n) is 14.8. The number of benzene rings is 3. The Kier molecular flexibility index (Phi) is 6.59. The minimum Gasteiger partial charge on any atom is -0.458 e. The van der Waals surface area contributed by atoms with E-state index in [0.29, 0.717) is 29.0 Å². The van der Waals surface area contributed by atoms with Crippen LogP contribution in [0.2, 0.25) is 0 Å². The number of amides is 2. The highest BCUT2D eigenvalue weighted by atomic mass is 79.9. The van der Waals surface area contributed by atoms with Gasteiger partial charge in [-0.3, -0.25) is 9.59 Å². The molecule has 5 nitrogen and oxygen atoms in total. The molecule has 5 aliphatic rings. The van der Waals surface area contributed by atoms with Crippen molar-refractivity contribution in [2.75, 3.05) is 4.90 Å². The van der Waals surface area contributed by atoms with Crippen molar-refractivity contribution in [3.05, 3.63) is 101 Å². The third-order valence-corrected chi connectivity index (χ3v) is 12.9. The van der Waals surface area contributed by atoms with Crippen LogP contribution < -0.4 is 4.90 Å². The summed E-state index contributed by atoms with van der Waals surface area (Å²) in [5, 5.41) is 0. The van der Waals surface area contributed by atoms with Crippen LogP contribution in [0.3, 0.4) is 0 Å². The van der Waals surface area contributed by atoms with Gasteiger partial charge in [0.05, 0.1) is 31.7 Å². The number of hydrogen-bond donors (Lipinski definition) is 0. The minimum atomic E-state index is -0.838. The number of halogens is 2. The van der Waals surface area contributed by atoms with Crippen LogP contribution in [0.1, 0.15) is 72.6 Å². The fourth-order valence-electron chi connectivity index (χ4n) is 8.12. The molecule has 2 bridgehead atoms. The van der Waals surface area contributed by atoms with Gasteiger partial charge >= 0.3 is 5.97 Å². The average Bonchev–Trinajstić information content (AvgIpc) is 3.26. The van der Waals surface area contributed by atoms with Gasteiger partial charge in [-0.05, 0) is 77.1 Å². The van der Waals surface area contributed by atoms with Gasteiger partial charge in [-0.2, -0.15) is 0 Å². The molecule has 0 aromatic heterocycles. The molecule has 5 atom stereocenters. The Hall–Kier alpha value is -2.77. The summed E-state index contributed by atoms with van der Waals surface area (Å²) in [5.74, 6) is -0.816. The lowest BCUT2D eigenvalue weighted by Gasteiger charge is -2.55. The predicted molar refractivity (Wildman–Crippen MR) is 169 cm³/mol. The molecular formula is C35H33Br2NO4. The second-order valence-corrected chi connectivity index (χ2v) is 15.3. The molecule has 3 aromatic rings. The lowest BCUT2D eigenvalue weighted by Crippen LogP contribution is -2.56. The van der Waals surface area contributed by atoms with Crippen LogP contribution in [0.15, 0.2) is 72.8 Å². The summed E-state index contributed by atoms with van der Waals surface area (Å²) in [4.78, 5) is 43.1. The first kappa shape index (κ1) is 28.0. The molecular weight excluding hydrogens is 658 g/mol. The van der Waals surface area contributed by atoms with Crippen LogP contribution >= 0.6 is 31.9 Å². The van der Waals surface area contributed by atoms with Crippen LogP contribution in [0.25, 0.3) is 0 Å². The van der Waals surface area contributed by atoms with Crippen LogP contribution in [0, 0.1) is 29.6 Å². The van der Waals surface area contributed by atoms with E-state index < -0.39 is 20.5 Å². The number of anilines is 1. The molecule has 1 saturated carbocycles. The number of imide groups is 1. The van der Waals surface area contributed by atoms with Crippen molar-refractivity contribution in [1.29, 1.82) is 0 Å². The van der Waals surface area contributed by atoms with E-state index in [4.69, 9.17) is 4.74 Å². The summed E-state index contributed by atoms with van der Waals surface area (Å²) in [6.07, 6.45) is 3.00. The summed E-state index contributed by atoms with van der Waals surface area (Å²) in [6, 6.07) is 22.8. The van der Waals surface area contributed by atoms with Crippen molar-refractivity contribution in [3.8, 4) is 0 Å². The highest BCUT2D eigenvalue weighted by Gasteiger charge is 2.72. The lowest BCUT2D eigenvalue weighted by molar-refractivity contribution is -0.122. The second-order valence-electron chi connectivity index (χ2n) is 12.8. The largest absolute Gasteiger partial charge is 0.458 e. The van der Waals surface area contributed by atoms with Gasteiger partial charge < -0.3 is 4.74 Å². The Morgan fingerprint density at radius 2 is 1.29 bits per heavy atom. The summed E-state index contributed by atoms with van der Waals surface area (Å²) < 4.78 is 4.37. The topological polar surface area (TPSA) is 63.7 Å². The van der Waals surface area contributed by atoms with Crippen LogP contribution in [0.5, 0.6) is 0 Å². The van der Waals surface area contributed by atoms with E-state index in [0.717, 1.165) is 41.5 Å². The normalized spacial score (nSPS) is 32.9. The molecule has 0 spiro atoms. The second kappa shape index (κ2) is 9.88. The van der Waals surface area contributed by atoms with E-state index in [-0.39, 0.29) is 23.9 Å². The molecule has 7 heteroatoms. The van der Waals surface area contributed by atoms with Gasteiger partial charge in [0.2, 0.25) is 11.8 Å². The van der Waals surface area contributed by atoms with Gasteiger partial charge in [-0.25, -0.2) is 9.69 Å². The smallest absolute Gasteiger partial charge is 0.338 e. The van der Waals surface area contributed by atoms with Crippen LogP contribution in [-0.4, -0.2) is 23.9 Å². The third-order valence-electron chi connectivity index (χ3n) is 10.2. The minimum absolute atomic E-state index is 0.102. The SMILES string of the molecule is CC(C)[C@H]1CC[C@H](C)C[C@H]1OC(=O)c1ccc(N2C(=O)[C@@H]3[C@@H](C2=O)C2(Br)c4ccccc4C3(Br)c3ccccc32)cc1. The Balaban J connectivity index is 1.21. The van der Waals surface area contributed by atoms with E-state index in [1.807, 2.05) is 48.5 Å². The van der Waals surface area contributed by atoms with Crippen molar-refractivity contribution in [3.63, 3.8) is 0 Å². The molecule has 1 heterocycles. The molecule has 1 aliphatic heterocycles. The van der Waals surface area contributed by atoms with Gasteiger partial charge in [-0.15, -0.1) is 0 Å². The maximum absolute atomic E-state index is 14.3. The van der Waals surface area contributed by atoms with E-state index in [2.05, 4.69) is 52.6 Å². The molecule has 2 amide bonds. The number of rotatable bonds is 4. The Morgan fingerprint density at radius 3 is 1.74 bits per heavy atom. The number of ether oxygens (including phenoxy) is 1. The van der Waals surface area contributed by atoms with Crippen molar-refractivity contribution in [2.45, 2.75) is 54.8 Å². The highest BCUT2D eigenvalue weighted by Crippen LogP contribution is 2.70. The summed E-state index contributed by atoms with van der Waals surface area (Å²) in [7, 11) is 0. The zero-order valence-corrected chi connectivity index (χ0v) is 27.0. The van der Waals surface area contributed by atoms with Gasteiger partial charge in [0.25, 0.3) is 0 Å². The molecule has 216 valence electrons. The number of carbonyl (C=O) groups is 3.